The first-order chi connectivity index (χ1) is 8.40. The molecule has 0 radical (unpaired) electrons. The summed E-state index contributed by atoms with van der Waals surface area (Å²) in [5, 5.41) is 4.68. The fourth-order valence-electron chi connectivity index (χ4n) is 1.54. The number of hydroxylamine groups is 1. The first-order valence-corrected chi connectivity index (χ1v) is 6.07. The Kier molecular flexibility index (Phi) is 4.53. The molecule has 1 aliphatic carbocycles. The van der Waals surface area contributed by atoms with Gasteiger partial charge in [-0.1, -0.05) is 23.7 Å². The molecule has 1 aliphatic rings. The second-order valence-electron chi connectivity index (χ2n) is 4.04. The summed E-state index contributed by atoms with van der Waals surface area (Å²) in [6.07, 6.45) is 5.65. The summed E-state index contributed by atoms with van der Waals surface area (Å²) in [5.41, 5.74) is 3.81. The summed E-state index contributed by atoms with van der Waals surface area (Å²) in [6, 6.07) is 8.40. The number of benzene rings is 1. The second kappa shape index (κ2) is 6.37. The van der Waals surface area contributed by atoms with Crippen molar-refractivity contribution in [1.29, 1.82) is 0 Å². The Balaban J connectivity index is 0.000000128. The largest absolute Gasteiger partial charge is 0.356 e. The van der Waals surface area contributed by atoms with Gasteiger partial charge in [-0.25, -0.2) is 0 Å². The fourth-order valence-corrected chi connectivity index (χ4v) is 1.54. The van der Waals surface area contributed by atoms with Crippen LogP contribution in [0.4, 0.5) is 0 Å². The van der Waals surface area contributed by atoms with Gasteiger partial charge in [0.25, 0.3) is 0 Å². The minimum absolute atomic E-state index is 0.662. The topological polar surface area (TPSA) is 47.3 Å². The van der Waals surface area contributed by atoms with Crippen molar-refractivity contribution in [2.75, 3.05) is 6.61 Å². The molecule has 92 valence electrons. The molecule has 0 aliphatic heterocycles. The molecule has 3 rings (SSSR count). The monoisotopic (exact) mass is 234 g/mol. The van der Waals surface area contributed by atoms with Crippen molar-refractivity contribution in [1.82, 2.24) is 10.6 Å². The highest BCUT2D eigenvalue weighted by Crippen LogP contribution is 2.17. The van der Waals surface area contributed by atoms with Crippen LogP contribution in [0.25, 0.3) is 11.0 Å². The molecule has 0 unspecified atom stereocenters. The van der Waals surface area contributed by atoms with E-state index in [-0.39, 0.29) is 0 Å². The van der Waals surface area contributed by atoms with E-state index in [0.29, 0.717) is 6.04 Å². The lowest BCUT2D eigenvalue weighted by Crippen LogP contribution is -2.34. The molecule has 0 amide bonds. The average molecular weight is 234 g/mol. The van der Waals surface area contributed by atoms with Gasteiger partial charge >= 0.3 is 0 Å². The highest BCUT2D eigenvalue weighted by atomic mass is 16.6. The molecule has 0 bridgehead atoms. The zero-order valence-electron chi connectivity index (χ0n) is 10.1. The fraction of sp³-hybridized carbons (Fsp3) is 0.462. The highest BCUT2D eigenvalue weighted by molar-refractivity contribution is 5.75. The highest BCUT2D eigenvalue weighted by Gasteiger charge is 2.15. The van der Waals surface area contributed by atoms with Gasteiger partial charge in [-0.05, 0) is 31.9 Å². The molecule has 0 saturated heterocycles. The molecule has 1 heterocycles. The Hall–Kier alpha value is -1.39. The number of nitrogens with one attached hydrogen (secondary N) is 1. The average Bonchev–Trinajstić information content (AvgIpc) is 2.76. The maximum absolute atomic E-state index is 4.99. The molecule has 1 aromatic heterocycles. The zero-order valence-corrected chi connectivity index (χ0v) is 10.1. The van der Waals surface area contributed by atoms with E-state index in [2.05, 4.69) is 10.6 Å². The normalized spacial score (nSPS) is 15.1. The van der Waals surface area contributed by atoms with Gasteiger partial charge in [0.05, 0.1) is 12.8 Å². The van der Waals surface area contributed by atoms with E-state index in [1.165, 1.54) is 19.3 Å². The Morgan fingerprint density at radius 1 is 1.41 bits per heavy atom. The first-order valence-electron chi connectivity index (χ1n) is 6.07. The number of aromatic nitrogens is 1. The van der Waals surface area contributed by atoms with Crippen molar-refractivity contribution in [2.45, 2.75) is 32.2 Å². The molecule has 4 nitrogen and oxygen atoms in total. The van der Waals surface area contributed by atoms with Crippen molar-refractivity contribution < 1.29 is 9.36 Å². The van der Waals surface area contributed by atoms with Crippen LogP contribution < -0.4 is 5.48 Å². The summed E-state index contributed by atoms with van der Waals surface area (Å²) in [6.45, 7) is 2.77. The molecule has 1 N–H and O–H groups in total. The Morgan fingerprint density at radius 2 is 2.24 bits per heavy atom. The van der Waals surface area contributed by atoms with E-state index in [9.17, 15) is 0 Å². The van der Waals surface area contributed by atoms with E-state index >= 15 is 0 Å². The Labute approximate surface area is 101 Å². The van der Waals surface area contributed by atoms with Gasteiger partial charge in [-0.2, -0.15) is 5.48 Å². The Morgan fingerprint density at radius 3 is 2.88 bits per heavy atom. The van der Waals surface area contributed by atoms with E-state index in [4.69, 9.17) is 9.36 Å². The summed E-state index contributed by atoms with van der Waals surface area (Å²) < 4.78 is 4.87. The lowest BCUT2D eigenvalue weighted by Gasteiger charge is -2.25. The van der Waals surface area contributed by atoms with E-state index in [1.54, 1.807) is 6.20 Å². The molecule has 0 spiro atoms. The predicted molar refractivity (Wildman–Crippen MR) is 66.4 cm³/mol. The third-order valence-electron chi connectivity index (χ3n) is 2.76. The van der Waals surface area contributed by atoms with Gasteiger partial charge in [0.1, 0.15) is 0 Å². The van der Waals surface area contributed by atoms with Gasteiger partial charge in [0, 0.05) is 11.4 Å². The second-order valence-corrected chi connectivity index (χ2v) is 4.04. The maximum atomic E-state index is 4.99. The molecule has 1 aromatic carbocycles. The van der Waals surface area contributed by atoms with Gasteiger partial charge < -0.3 is 9.36 Å². The van der Waals surface area contributed by atoms with E-state index in [1.807, 2.05) is 31.2 Å². The molecule has 0 atom stereocenters. The summed E-state index contributed by atoms with van der Waals surface area (Å²) in [7, 11) is 0. The number of rotatable bonds is 3. The number of hydrogen-bond donors (Lipinski definition) is 1. The number of para-hydroxylation sites is 1. The van der Waals surface area contributed by atoms with Gasteiger partial charge in [-0.3, -0.25) is 0 Å². The standard InChI is InChI=1S/C7H5NO.C6H13NO/c1-2-4-7-6(3-1)5-8-9-7;1-2-8-7-6-4-3-5-6/h1-5H;6-7H,2-5H2,1H3. The number of fused-ring (bicyclic) bond motifs is 1. The number of hydrogen-bond acceptors (Lipinski definition) is 4. The third-order valence-corrected chi connectivity index (χ3v) is 2.76. The lowest BCUT2D eigenvalue weighted by molar-refractivity contribution is 0.00425. The Bertz CT molecular complexity index is 407. The first kappa shape index (κ1) is 12.1. The molecule has 17 heavy (non-hydrogen) atoms. The van der Waals surface area contributed by atoms with Crippen molar-refractivity contribution in [3.63, 3.8) is 0 Å². The van der Waals surface area contributed by atoms with Crippen LogP contribution in [0.2, 0.25) is 0 Å². The van der Waals surface area contributed by atoms with Gasteiger partial charge in [0.15, 0.2) is 5.58 Å². The predicted octanol–water partition coefficient (Wildman–Crippen LogP) is 2.91. The van der Waals surface area contributed by atoms with Crippen molar-refractivity contribution >= 4 is 11.0 Å². The lowest BCUT2D eigenvalue weighted by atomic mass is 9.94. The number of nitrogens with zero attached hydrogens (tertiary/aromatic N) is 1. The minimum Gasteiger partial charge on any atom is -0.356 e. The molecular formula is C13H18N2O2. The van der Waals surface area contributed by atoms with Gasteiger partial charge in [-0.15, -0.1) is 0 Å². The summed E-state index contributed by atoms with van der Waals surface area (Å²) in [4.78, 5) is 4.99. The van der Waals surface area contributed by atoms with E-state index in [0.717, 1.165) is 17.6 Å². The van der Waals surface area contributed by atoms with Crippen molar-refractivity contribution in [3.8, 4) is 0 Å². The van der Waals surface area contributed by atoms with Gasteiger partial charge in [0.2, 0.25) is 0 Å². The van der Waals surface area contributed by atoms with Crippen molar-refractivity contribution in [3.05, 3.63) is 30.5 Å². The van der Waals surface area contributed by atoms with Crippen LogP contribution in [0.15, 0.2) is 35.0 Å². The zero-order chi connectivity index (χ0) is 11.9. The van der Waals surface area contributed by atoms with Crippen LogP contribution in [0.3, 0.4) is 0 Å². The van der Waals surface area contributed by atoms with Crippen LogP contribution in [-0.4, -0.2) is 17.8 Å². The van der Waals surface area contributed by atoms with Crippen molar-refractivity contribution in [2.24, 2.45) is 0 Å². The van der Waals surface area contributed by atoms with Crippen LogP contribution in [0.5, 0.6) is 0 Å². The molecule has 2 aromatic rings. The van der Waals surface area contributed by atoms with Crippen LogP contribution in [0, 0.1) is 0 Å². The maximum Gasteiger partial charge on any atom is 0.166 e. The van der Waals surface area contributed by atoms with Crippen LogP contribution in [0.1, 0.15) is 26.2 Å². The molecule has 4 heteroatoms. The van der Waals surface area contributed by atoms with Crippen LogP contribution >= 0.6 is 0 Å². The third kappa shape index (κ3) is 3.54. The van der Waals surface area contributed by atoms with E-state index < -0.39 is 0 Å². The summed E-state index contributed by atoms with van der Waals surface area (Å²) in [5.74, 6) is 0. The minimum atomic E-state index is 0.662. The molecule has 1 fully saturated rings. The summed E-state index contributed by atoms with van der Waals surface area (Å²) >= 11 is 0. The quantitative estimate of drug-likeness (QED) is 0.829. The van der Waals surface area contributed by atoms with Crippen LogP contribution in [-0.2, 0) is 4.84 Å². The smallest absolute Gasteiger partial charge is 0.166 e. The SMILES string of the molecule is CCONC1CCC1.c1ccc2oncc2c1. The molecular weight excluding hydrogens is 216 g/mol. The molecule has 1 saturated carbocycles.